The molecule has 0 atom stereocenters. The molecule has 0 bridgehead atoms. The molecular formula is C13H13N3OS. The van der Waals surface area contributed by atoms with E-state index in [-0.39, 0.29) is 5.88 Å². The lowest BCUT2D eigenvalue weighted by atomic mass is 10.1. The minimum atomic E-state index is -0.0552. The zero-order valence-electron chi connectivity index (χ0n) is 9.78. The van der Waals surface area contributed by atoms with Crippen LogP contribution >= 0.6 is 11.8 Å². The van der Waals surface area contributed by atoms with Crippen LogP contribution in [0.4, 0.5) is 0 Å². The second kappa shape index (κ2) is 6.16. The van der Waals surface area contributed by atoms with Crippen molar-refractivity contribution in [2.45, 2.75) is 11.6 Å². The van der Waals surface area contributed by atoms with Crippen molar-refractivity contribution in [3.8, 4) is 5.88 Å². The van der Waals surface area contributed by atoms with Crippen LogP contribution in [0.1, 0.15) is 11.3 Å². The topological polar surface area (TPSA) is 58.9 Å². The van der Waals surface area contributed by atoms with Gasteiger partial charge in [-0.15, -0.1) is 16.8 Å². The first-order valence-corrected chi connectivity index (χ1v) is 6.48. The van der Waals surface area contributed by atoms with Gasteiger partial charge in [0.25, 0.3) is 0 Å². The standard InChI is InChI=1S/C13H13N3OS/c1-2-8-18-13-14-12(17)11(15-16-13)9-10-6-4-3-5-7-10/h2-7H,1,8-9H2,(H,14,16,17). The number of hydrogen-bond donors (Lipinski definition) is 1. The maximum Gasteiger partial charge on any atom is 0.237 e. The first-order valence-electron chi connectivity index (χ1n) is 5.50. The normalized spacial score (nSPS) is 10.2. The Morgan fingerprint density at radius 1 is 1.22 bits per heavy atom. The van der Waals surface area contributed by atoms with Gasteiger partial charge in [-0.05, 0) is 5.56 Å². The minimum Gasteiger partial charge on any atom is -0.492 e. The van der Waals surface area contributed by atoms with Crippen molar-refractivity contribution in [3.63, 3.8) is 0 Å². The zero-order valence-corrected chi connectivity index (χ0v) is 10.6. The molecule has 0 spiro atoms. The molecule has 0 aliphatic heterocycles. The Morgan fingerprint density at radius 2 is 2.00 bits per heavy atom. The molecule has 2 rings (SSSR count). The summed E-state index contributed by atoms with van der Waals surface area (Å²) in [6, 6.07) is 9.79. The van der Waals surface area contributed by atoms with Crippen LogP contribution in [-0.4, -0.2) is 26.0 Å². The maximum absolute atomic E-state index is 9.80. The summed E-state index contributed by atoms with van der Waals surface area (Å²) in [4.78, 5) is 4.00. The van der Waals surface area contributed by atoms with E-state index in [1.165, 1.54) is 11.8 Å². The van der Waals surface area contributed by atoms with E-state index in [9.17, 15) is 5.11 Å². The number of benzene rings is 1. The van der Waals surface area contributed by atoms with Crippen LogP contribution in [0.5, 0.6) is 5.88 Å². The predicted molar refractivity (Wildman–Crippen MR) is 71.7 cm³/mol. The van der Waals surface area contributed by atoms with Crippen molar-refractivity contribution in [2.24, 2.45) is 0 Å². The van der Waals surface area contributed by atoms with Gasteiger partial charge in [0, 0.05) is 12.2 Å². The maximum atomic E-state index is 9.80. The van der Waals surface area contributed by atoms with Gasteiger partial charge in [-0.2, -0.15) is 4.98 Å². The van der Waals surface area contributed by atoms with Crippen molar-refractivity contribution in [2.75, 3.05) is 5.75 Å². The molecule has 92 valence electrons. The molecule has 0 unspecified atom stereocenters. The van der Waals surface area contributed by atoms with Gasteiger partial charge in [0.1, 0.15) is 5.69 Å². The molecule has 18 heavy (non-hydrogen) atoms. The van der Waals surface area contributed by atoms with E-state index in [1.54, 1.807) is 6.08 Å². The van der Waals surface area contributed by atoms with E-state index in [0.29, 0.717) is 23.0 Å². The number of thioether (sulfide) groups is 1. The Hall–Kier alpha value is -1.88. The van der Waals surface area contributed by atoms with E-state index in [4.69, 9.17) is 0 Å². The van der Waals surface area contributed by atoms with Gasteiger partial charge >= 0.3 is 0 Å². The van der Waals surface area contributed by atoms with Crippen LogP contribution in [0.15, 0.2) is 48.1 Å². The minimum absolute atomic E-state index is 0.0552. The van der Waals surface area contributed by atoms with Crippen molar-refractivity contribution >= 4 is 11.8 Å². The molecule has 0 saturated carbocycles. The van der Waals surface area contributed by atoms with Crippen LogP contribution in [0.3, 0.4) is 0 Å². The lowest BCUT2D eigenvalue weighted by molar-refractivity contribution is 0.430. The third-order valence-corrected chi connectivity index (χ3v) is 3.09. The number of aromatic hydroxyl groups is 1. The highest BCUT2D eigenvalue weighted by Gasteiger charge is 2.08. The summed E-state index contributed by atoms with van der Waals surface area (Å²) in [5.41, 5.74) is 1.56. The lowest BCUT2D eigenvalue weighted by Crippen LogP contribution is -1.99. The number of aromatic nitrogens is 3. The Bertz CT molecular complexity index is 531. The quantitative estimate of drug-likeness (QED) is 0.660. The summed E-state index contributed by atoms with van der Waals surface area (Å²) < 4.78 is 0. The Morgan fingerprint density at radius 3 is 2.67 bits per heavy atom. The fourth-order valence-corrected chi connectivity index (χ4v) is 1.94. The smallest absolute Gasteiger partial charge is 0.237 e. The number of rotatable bonds is 5. The fourth-order valence-electron chi connectivity index (χ4n) is 1.42. The Kier molecular flexibility index (Phi) is 4.30. The second-order valence-electron chi connectivity index (χ2n) is 3.63. The highest BCUT2D eigenvalue weighted by molar-refractivity contribution is 7.99. The van der Waals surface area contributed by atoms with Crippen LogP contribution < -0.4 is 0 Å². The molecule has 1 heterocycles. The molecule has 4 nitrogen and oxygen atoms in total. The largest absolute Gasteiger partial charge is 0.492 e. The first kappa shape index (κ1) is 12.6. The lowest BCUT2D eigenvalue weighted by Gasteiger charge is -2.03. The molecule has 0 amide bonds. The first-order chi connectivity index (χ1) is 8.79. The molecule has 0 saturated heterocycles. The Labute approximate surface area is 110 Å². The van der Waals surface area contributed by atoms with E-state index in [2.05, 4.69) is 21.8 Å². The van der Waals surface area contributed by atoms with E-state index < -0.39 is 0 Å². The summed E-state index contributed by atoms with van der Waals surface area (Å²) in [5.74, 6) is 0.638. The van der Waals surface area contributed by atoms with E-state index in [1.807, 2.05) is 30.3 Å². The van der Waals surface area contributed by atoms with Crippen LogP contribution in [0, 0.1) is 0 Å². The van der Waals surface area contributed by atoms with Gasteiger partial charge in [0.15, 0.2) is 0 Å². The Balaban J connectivity index is 2.12. The van der Waals surface area contributed by atoms with Gasteiger partial charge < -0.3 is 5.11 Å². The predicted octanol–water partition coefficient (Wildman–Crippen LogP) is 2.45. The van der Waals surface area contributed by atoms with Crippen LogP contribution in [0.25, 0.3) is 0 Å². The molecule has 1 aromatic heterocycles. The van der Waals surface area contributed by atoms with Crippen molar-refractivity contribution in [1.29, 1.82) is 0 Å². The third kappa shape index (κ3) is 3.30. The number of hydrogen-bond acceptors (Lipinski definition) is 5. The van der Waals surface area contributed by atoms with Crippen molar-refractivity contribution < 1.29 is 5.11 Å². The molecule has 2 aromatic rings. The molecule has 1 N–H and O–H groups in total. The third-order valence-electron chi connectivity index (χ3n) is 2.26. The van der Waals surface area contributed by atoms with Gasteiger partial charge in [-0.25, -0.2) is 0 Å². The second-order valence-corrected chi connectivity index (χ2v) is 4.61. The zero-order chi connectivity index (χ0) is 12.8. The highest BCUT2D eigenvalue weighted by atomic mass is 32.2. The van der Waals surface area contributed by atoms with Crippen LogP contribution in [0.2, 0.25) is 0 Å². The van der Waals surface area contributed by atoms with Gasteiger partial charge in [-0.3, -0.25) is 0 Å². The SMILES string of the molecule is C=CCSc1nnc(Cc2ccccc2)c(O)n1. The number of nitrogens with zero attached hydrogens (tertiary/aromatic N) is 3. The van der Waals surface area contributed by atoms with E-state index >= 15 is 0 Å². The average Bonchev–Trinajstić information content (AvgIpc) is 2.40. The highest BCUT2D eigenvalue weighted by Crippen LogP contribution is 2.19. The summed E-state index contributed by atoms with van der Waals surface area (Å²) in [6.45, 7) is 3.61. The molecule has 5 heteroatoms. The van der Waals surface area contributed by atoms with E-state index in [0.717, 1.165) is 5.56 Å². The molecule has 0 fully saturated rings. The summed E-state index contributed by atoms with van der Waals surface area (Å²) >= 11 is 1.39. The van der Waals surface area contributed by atoms with Gasteiger partial charge in [-0.1, -0.05) is 48.2 Å². The van der Waals surface area contributed by atoms with Gasteiger partial charge in [0.2, 0.25) is 11.0 Å². The molecule has 1 aromatic carbocycles. The molecule has 0 aliphatic rings. The summed E-state index contributed by atoms with van der Waals surface area (Å²) in [5, 5.41) is 18.2. The average molecular weight is 259 g/mol. The monoisotopic (exact) mass is 259 g/mol. The van der Waals surface area contributed by atoms with Crippen molar-refractivity contribution in [1.82, 2.24) is 15.2 Å². The van der Waals surface area contributed by atoms with Gasteiger partial charge in [0.05, 0.1) is 0 Å². The molecule has 0 radical (unpaired) electrons. The molecular weight excluding hydrogens is 246 g/mol. The summed E-state index contributed by atoms with van der Waals surface area (Å²) in [6.07, 6.45) is 2.28. The van der Waals surface area contributed by atoms with Crippen molar-refractivity contribution in [3.05, 3.63) is 54.2 Å². The fraction of sp³-hybridized carbons (Fsp3) is 0.154. The van der Waals surface area contributed by atoms with Crippen LogP contribution in [-0.2, 0) is 6.42 Å². The molecule has 0 aliphatic carbocycles. The summed E-state index contributed by atoms with van der Waals surface area (Å²) in [7, 11) is 0.